The first-order chi connectivity index (χ1) is 8.65. The second-order valence-electron chi connectivity index (χ2n) is 3.45. The molecule has 0 spiro atoms. The van der Waals surface area contributed by atoms with Crippen molar-refractivity contribution in [2.24, 2.45) is 0 Å². The van der Waals surface area contributed by atoms with E-state index in [9.17, 15) is 4.79 Å². The number of fused-ring (bicyclic) bond motifs is 1. The summed E-state index contributed by atoms with van der Waals surface area (Å²) in [5.74, 6) is 1.16. The quantitative estimate of drug-likeness (QED) is 0.768. The van der Waals surface area contributed by atoms with Gasteiger partial charge in [-0.05, 0) is 18.6 Å². The Bertz CT molecular complexity index is 584. The fraction of sp³-hybridized carbons (Fsp3) is 0.357. The Kier molecular flexibility index (Phi) is 4.77. The van der Waals surface area contributed by atoms with Gasteiger partial charge in [-0.15, -0.1) is 0 Å². The maximum Gasteiger partial charge on any atom is 0.336 e. The lowest BCUT2D eigenvalue weighted by molar-refractivity contribution is 0.355. The van der Waals surface area contributed by atoms with Crippen LogP contribution in [0, 0.1) is 6.92 Å². The van der Waals surface area contributed by atoms with Crippen LogP contribution in [0.5, 0.6) is 11.5 Å². The number of aryl methyl sites for hydroxylation is 1. The zero-order chi connectivity index (χ0) is 13.7. The summed E-state index contributed by atoms with van der Waals surface area (Å²) in [5.41, 5.74) is 0.993. The van der Waals surface area contributed by atoms with Crippen LogP contribution < -0.4 is 15.1 Å². The van der Waals surface area contributed by atoms with E-state index in [4.69, 9.17) is 13.9 Å². The first-order valence-corrected chi connectivity index (χ1v) is 5.82. The highest BCUT2D eigenvalue weighted by molar-refractivity contribution is 5.83. The van der Waals surface area contributed by atoms with Crippen molar-refractivity contribution in [2.45, 2.75) is 20.8 Å². The van der Waals surface area contributed by atoms with Gasteiger partial charge < -0.3 is 13.9 Å². The van der Waals surface area contributed by atoms with E-state index in [1.807, 2.05) is 20.8 Å². The first-order valence-electron chi connectivity index (χ1n) is 5.82. The number of hydrogen-bond acceptors (Lipinski definition) is 4. The highest BCUT2D eigenvalue weighted by Gasteiger charge is 2.09. The monoisotopic (exact) mass is 250 g/mol. The lowest BCUT2D eigenvalue weighted by Crippen LogP contribution is -1.99. The number of rotatable bonds is 2. The van der Waals surface area contributed by atoms with Gasteiger partial charge in [0, 0.05) is 17.5 Å². The molecule has 4 heteroatoms. The van der Waals surface area contributed by atoms with Gasteiger partial charge in [-0.25, -0.2) is 4.79 Å². The molecule has 0 unspecified atom stereocenters. The Morgan fingerprint density at radius 1 is 1.00 bits per heavy atom. The molecule has 0 fully saturated rings. The lowest BCUT2D eigenvalue weighted by atomic mass is 10.1. The van der Waals surface area contributed by atoms with Gasteiger partial charge in [0.1, 0.15) is 5.58 Å². The number of methoxy groups -OCH3 is 2. The minimum absolute atomic E-state index is 0.364. The van der Waals surface area contributed by atoms with E-state index >= 15 is 0 Å². The molecule has 0 saturated carbocycles. The molecular formula is C14H18O4. The van der Waals surface area contributed by atoms with Crippen molar-refractivity contribution in [3.63, 3.8) is 0 Å². The third kappa shape index (κ3) is 2.64. The van der Waals surface area contributed by atoms with E-state index in [-0.39, 0.29) is 5.63 Å². The van der Waals surface area contributed by atoms with Gasteiger partial charge in [0.2, 0.25) is 0 Å². The van der Waals surface area contributed by atoms with Crippen LogP contribution in [0.25, 0.3) is 11.0 Å². The van der Waals surface area contributed by atoms with Gasteiger partial charge in [0.05, 0.1) is 14.2 Å². The van der Waals surface area contributed by atoms with E-state index in [0.29, 0.717) is 17.1 Å². The maximum absolute atomic E-state index is 11.2. The van der Waals surface area contributed by atoms with Crippen molar-refractivity contribution in [2.75, 3.05) is 14.2 Å². The maximum atomic E-state index is 11.2. The second-order valence-corrected chi connectivity index (χ2v) is 3.45. The van der Waals surface area contributed by atoms with E-state index in [0.717, 1.165) is 10.9 Å². The van der Waals surface area contributed by atoms with Crippen LogP contribution in [-0.2, 0) is 0 Å². The third-order valence-corrected chi connectivity index (χ3v) is 2.46. The largest absolute Gasteiger partial charge is 0.493 e. The molecule has 0 saturated heterocycles. The van der Waals surface area contributed by atoms with E-state index in [1.54, 1.807) is 19.2 Å². The van der Waals surface area contributed by atoms with E-state index in [1.165, 1.54) is 13.2 Å². The van der Waals surface area contributed by atoms with Gasteiger partial charge in [0.25, 0.3) is 0 Å². The third-order valence-electron chi connectivity index (χ3n) is 2.46. The Hall–Kier alpha value is -1.97. The molecule has 2 rings (SSSR count). The van der Waals surface area contributed by atoms with Crippen molar-refractivity contribution >= 4 is 11.0 Å². The minimum atomic E-state index is -0.364. The molecule has 1 heterocycles. The van der Waals surface area contributed by atoms with Crippen LogP contribution in [0.4, 0.5) is 0 Å². The first kappa shape index (κ1) is 14.1. The van der Waals surface area contributed by atoms with Crippen molar-refractivity contribution in [1.82, 2.24) is 0 Å². The summed E-state index contributed by atoms with van der Waals surface area (Å²) >= 11 is 0. The molecule has 0 radical (unpaired) electrons. The van der Waals surface area contributed by atoms with Gasteiger partial charge in [-0.2, -0.15) is 0 Å². The molecule has 18 heavy (non-hydrogen) atoms. The van der Waals surface area contributed by atoms with Gasteiger partial charge in [0.15, 0.2) is 11.5 Å². The van der Waals surface area contributed by atoms with Crippen molar-refractivity contribution in [1.29, 1.82) is 0 Å². The lowest BCUT2D eigenvalue weighted by Gasteiger charge is -2.09. The predicted molar refractivity (Wildman–Crippen MR) is 71.7 cm³/mol. The molecule has 0 bridgehead atoms. The molecule has 0 aliphatic carbocycles. The molecule has 98 valence electrons. The van der Waals surface area contributed by atoms with Crippen LogP contribution in [0.2, 0.25) is 0 Å². The average molecular weight is 250 g/mol. The molecule has 0 atom stereocenters. The molecule has 2 aromatic rings. The summed E-state index contributed by atoms with van der Waals surface area (Å²) in [6, 6.07) is 4.91. The number of benzene rings is 1. The minimum Gasteiger partial charge on any atom is -0.493 e. The van der Waals surface area contributed by atoms with Crippen LogP contribution in [-0.4, -0.2) is 14.2 Å². The Balaban J connectivity index is 0.000000771. The van der Waals surface area contributed by atoms with Crippen molar-refractivity contribution < 1.29 is 13.9 Å². The van der Waals surface area contributed by atoms with Crippen LogP contribution in [0.1, 0.15) is 19.4 Å². The zero-order valence-corrected chi connectivity index (χ0v) is 11.4. The van der Waals surface area contributed by atoms with E-state index < -0.39 is 0 Å². The fourth-order valence-electron chi connectivity index (χ4n) is 1.65. The molecule has 4 nitrogen and oxygen atoms in total. The van der Waals surface area contributed by atoms with Crippen LogP contribution >= 0.6 is 0 Å². The van der Waals surface area contributed by atoms with Gasteiger partial charge in [-0.1, -0.05) is 13.8 Å². The smallest absolute Gasteiger partial charge is 0.336 e. The van der Waals surface area contributed by atoms with Gasteiger partial charge >= 0.3 is 5.63 Å². The van der Waals surface area contributed by atoms with Crippen molar-refractivity contribution in [3.8, 4) is 11.5 Å². The molecule has 0 amide bonds. The Labute approximate surface area is 106 Å². The Morgan fingerprint density at radius 2 is 1.56 bits per heavy atom. The normalized spacial score (nSPS) is 9.61. The van der Waals surface area contributed by atoms with Gasteiger partial charge in [-0.3, -0.25) is 0 Å². The molecule has 0 aliphatic rings. The highest BCUT2D eigenvalue weighted by atomic mass is 16.5. The van der Waals surface area contributed by atoms with Crippen molar-refractivity contribution in [3.05, 3.63) is 34.2 Å². The van der Waals surface area contributed by atoms with Crippen LogP contribution in [0.15, 0.2) is 27.4 Å². The van der Waals surface area contributed by atoms with Crippen LogP contribution in [0.3, 0.4) is 0 Å². The topological polar surface area (TPSA) is 48.7 Å². The van der Waals surface area contributed by atoms with E-state index in [2.05, 4.69) is 0 Å². The standard InChI is InChI=1S/C12H12O4.C2H6/c1-7-4-12(13)16-9-6-11(15-3)10(14-2)5-8(7)9;1-2/h4-6H,1-3H3;1-2H3. The molecule has 0 aliphatic heterocycles. The summed E-state index contributed by atoms with van der Waals surface area (Å²) < 4.78 is 15.4. The SMILES string of the molecule is CC.COc1cc2oc(=O)cc(C)c2cc1OC. The Morgan fingerprint density at radius 3 is 2.11 bits per heavy atom. The average Bonchev–Trinajstić information content (AvgIpc) is 2.39. The molecule has 0 N–H and O–H groups in total. The predicted octanol–water partition coefficient (Wildman–Crippen LogP) is 3.14. The molecule has 1 aromatic carbocycles. The summed E-state index contributed by atoms with van der Waals surface area (Å²) in [6.45, 7) is 5.85. The second kappa shape index (κ2) is 6.10. The number of hydrogen-bond donors (Lipinski definition) is 0. The molecular weight excluding hydrogens is 232 g/mol. The summed E-state index contributed by atoms with van der Waals surface area (Å²) in [4.78, 5) is 11.2. The number of ether oxygens (including phenoxy) is 2. The molecule has 1 aromatic heterocycles. The summed E-state index contributed by atoms with van der Waals surface area (Å²) in [6.07, 6.45) is 0. The summed E-state index contributed by atoms with van der Waals surface area (Å²) in [7, 11) is 3.11. The fourth-order valence-corrected chi connectivity index (χ4v) is 1.65. The highest BCUT2D eigenvalue weighted by Crippen LogP contribution is 2.32. The summed E-state index contributed by atoms with van der Waals surface area (Å²) in [5, 5.41) is 0.845. The zero-order valence-electron chi connectivity index (χ0n) is 11.4.